The average Bonchev–Trinajstić information content (AvgIpc) is 2.46. The van der Waals surface area contributed by atoms with E-state index >= 15 is 0 Å². The van der Waals surface area contributed by atoms with Crippen molar-refractivity contribution in [1.29, 1.82) is 0 Å². The van der Waals surface area contributed by atoms with Crippen molar-refractivity contribution in [2.45, 2.75) is 39.3 Å². The molecule has 2 N–H and O–H groups in total. The lowest BCUT2D eigenvalue weighted by atomic mass is 9.99. The van der Waals surface area contributed by atoms with E-state index in [-0.39, 0.29) is 17.9 Å². The van der Waals surface area contributed by atoms with Crippen LogP contribution >= 0.6 is 0 Å². The van der Waals surface area contributed by atoms with Crippen molar-refractivity contribution in [2.75, 3.05) is 13.1 Å². The van der Waals surface area contributed by atoms with Crippen LogP contribution in [-0.2, 0) is 11.3 Å². The third-order valence-electron chi connectivity index (χ3n) is 3.43. The van der Waals surface area contributed by atoms with Crippen LogP contribution in [0.1, 0.15) is 32.3 Å². The molecule has 1 aliphatic heterocycles. The van der Waals surface area contributed by atoms with E-state index in [1.807, 2.05) is 38.1 Å². The first kappa shape index (κ1) is 14.9. The van der Waals surface area contributed by atoms with Crippen LogP contribution in [-0.4, -0.2) is 25.1 Å². The molecule has 0 aromatic heterocycles. The van der Waals surface area contributed by atoms with Crippen molar-refractivity contribution in [3.63, 3.8) is 0 Å². The first-order chi connectivity index (χ1) is 9.65. The Kier molecular flexibility index (Phi) is 5.41. The van der Waals surface area contributed by atoms with Gasteiger partial charge < -0.3 is 15.4 Å². The fraction of sp³-hybridized carbons (Fsp3) is 0.562. The van der Waals surface area contributed by atoms with Crippen molar-refractivity contribution in [3.8, 4) is 5.75 Å². The van der Waals surface area contributed by atoms with E-state index in [0.29, 0.717) is 6.54 Å². The van der Waals surface area contributed by atoms with Crippen LogP contribution < -0.4 is 15.4 Å². The third-order valence-corrected chi connectivity index (χ3v) is 3.43. The molecule has 4 nitrogen and oxygen atoms in total. The Labute approximate surface area is 120 Å². The summed E-state index contributed by atoms with van der Waals surface area (Å²) < 4.78 is 5.59. The molecule has 1 aromatic rings. The highest BCUT2D eigenvalue weighted by Gasteiger charge is 2.20. The first-order valence-corrected chi connectivity index (χ1v) is 7.39. The number of piperidine rings is 1. The molecule has 1 aromatic carbocycles. The summed E-state index contributed by atoms with van der Waals surface area (Å²) in [6.07, 6.45) is 2.25. The highest BCUT2D eigenvalue weighted by molar-refractivity contribution is 5.78. The molecule has 1 saturated heterocycles. The molecule has 1 atom stereocenters. The lowest BCUT2D eigenvalue weighted by Gasteiger charge is -2.21. The molecule has 4 heteroatoms. The second kappa shape index (κ2) is 7.29. The van der Waals surface area contributed by atoms with Gasteiger partial charge in [-0.1, -0.05) is 12.1 Å². The summed E-state index contributed by atoms with van der Waals surface area (Å²) >= 11 is 0. The minimum absolute atomic E-state index is 0.118. The van der Waals surface area contributed by atoms with Gasteiger partial charge in [0.2, 0.25) is 5.91 Å². The maximum Gasteiger partial charge on any atom is 0.224 e. The van der Waals surface area contributed by atoms with Crippen LogP contribution in [0.3, 0.4) is 0 Å². The molecule has 1 fully saturated rings. The number of hydrogen-bond donors (Lipinski definition) is 2. The van der Waals surface area contributed by atoms with Gasteiger partial charge in [-0.25, -0.2) is 0 Å². The van der Waals surface area contributed by atoms with Crippen molar-refractivity contribution < 1.29 is 9.53 Å². The minimum atomic E-state index is 0.118. The number of ether oxygens (including phenoxy) is 1. The number of amides is 1. The van der Waals surface area contributed by atoms with Gasteiger partial charge in [-0.05, 0) is 50.9 Å². The Hall–Kier alpha value is -1.55. The van der Waals surface area contributed by atoms with Crippen molar-refractivity contribution in [2.24, 2.45) is 5.92 Å². The summed E-state index contributed by atoms with van der Waals surface area (Å²) in [6, 6.07) is 7.89. The maximum absolute atomic E-state index is 12.0. The second-order valence-electron chi connectivity index (χ2n) is 5.57. The van der Waals surface area contributed by atoms with Gasteiger partial charge in [-0.15, -0.1) is 0 Å². The van der Waals surface area contributed by atoms with Gasteiger partial charge in [-0.2, -0.15) is 0 Å². The average molecular weight is 276 g/mol. The summed E-state index contributed by atoms with van der Waals surface area (Å²) in [4.78, 5) is 12.0. The van der Waals surface area contributed by atoms with E-state index < -0.39 is 0 Å². The Balaban J connectivity index is 1.79. The topological polar surface area (TPSA) is 50.4 Å². The van der Waals surface area contributed by atoms with E-state index in [2.05, 4.69) is 10.6 Å². The molecule has 1 amide bonds. The SMILES string of the molecule is CC(C)Oc1ccc(CNC(=O)C2CCCNC2)cc1. The fourth-order valence-electron chi connectivity index (χ4n) is 2.37. The van der Waals surface area contributed by atoms with Crippen molar-refractivity contribution in [3.05, 3.63) is 29.8 Å². The van der Waals surface area contributed by atoms with Gasteiger partial charge in [0, 0.05) is 13.1 Å². The Morgan fingerprint density at radius 1 is 1.40 bits per heavy atom. The van der Waals surface area contributed by atoms with Gasteiger partial charge in [-0.3, -0.25) is 4.79 Å². The highest BCUT2D eigenvalue weighted by atomic mass is 16.5. The molecule has 110 valence electrons. The summed E-state index contributed by atoms with van der Waals surface area (Å²) in [5.74, 6) is 1.14. The van der Waals surface area contributed by atoms with E-state index in [9.17, 15) is 4.79 Å². The summed E-state index contributed by atoms with van der Waals surface area (Å²) in [5.41, 5.74) is 1.10. The van der Waals surface area contributed by atoms with Crippen LogP contribution in [0.25, 0.3) is 0 Å². The maximum atomic E-state index is 12.0. The van der Waals surface area contributed by atoms with E-state index in [4.69, 9.17) is 4.74 Å². The van der Waals surface area contributed by atoms with Gasteiger partial charge in [0.05, 0.1) is 12.0 Å². The van der Waals surface area contributed by atoms with Crippen molar-refractivity contribution in [1.82, 2.24) is 10.6 Å². The van der Waals surface area contributed by atoms with Gasteiger partial charge in [0.15, 0.2) is 0 Å². The Bertz CT molecular complexity index is 423. The molecular formula is C16H24N2O2. The predicted molar refractivity (Wildman–Crippen MR) is 79.6 cm³/mol. The quantitative estimate of drug-likeness (QED) is 0.866. The molecule has 0 radical (unpaired) electrons. The van der Waals surface area contributed by atoms with Gasteiger partial charge in [0.25, 0.3) is 0 Å². The second-order valence-corrected chi connectivity index (χ2v) is 5.57. The molecule has 1 aliphatic rings. The summed E-state index contributed by atoms with van der Waals surface area (Å²) in [5, 5.41) is 6.27. The zero-order valence-corrected chi connectivity index (χ0v) is 12.3. The number of nitrogens with one attached hydrogen (secondary N) is 2. The molecular weight excluding hydrogens is 252 g/mol. The highest BCUT2D eigenvalue weighted by Crippen LogP contribution is 2.14. The van der Waals surface area contributed by atoms with E-state index in [1.165, 1.54) is 0 Å². The minimum Gasteiger partial charge on any atom is -0.491 e. The number of carbonyl (C=O) groups excluding carboxylic acids is 1. The number of carbonyl (C=O) groups is 1. The zero-order valence-electron chi connectivity index (χ0n) is 12.3. The van der Waals surface area contributed by atoms with Crippen molar-refractivity contribution >= 4 is 5.91 Å². The van der Waals surface area contributed by atoms with Crippen LogP contribution in [0.5, 0.6) is 5.75 Å². The van der Waals surface area contributed by atoms with Gasteiger partial charge in [0.1, 0.15) is 5.75 Å². The number of benzene rings is 1. The molecule has 1 heterocycles. The van der Waals surface area contributed by atoms with Crippen LogP contribution in [0, 0.1) is 5.92 Å². The Morgan fingerprint density at radius 3 is 2.75 bits per heavy atom. The van der Waals surface area contributed by atoms with Crippen LogP contribution in [0.15, 0.2) is 24.3 Å². The largest absolute Gasteiger partial charge is 0.491 e. The lowest BCUT2D eigenvalue weighted by Crippen LogP contribution is -2.40. The van der Waals surface area contributed by atoms with Gasteiger partial charge >= 0.3 is 0 Å². The summed E-state index contributed by atoms with van der Waals surface area (Å²) in [6.45, 7) is 6.42. The molecule has 0 bridgehead atoms. The van der Waals surface area contributed by atoms with Crippen LogP contribution in [0.2, 0.25) is 0 Å². The fourth-order valence-corrected chi connectivity index (χ4v) is 2.37. The van der Waals surface area contributed by atoms with E-state index in [0.717, 1.165) is 37.2 Å². The molecule has 2 rings (SSSR count). The zero-order chi connectivity index (χ0) is 14.4. The molecule has 0 spiro atoms. The molecule has 0 saturated carbocycles. The normalized spacial score (nSPS) is 18.9. The predicted octanol–water partition coefficient (Wildman–Crippen LogP) is 2.09. The Morgan fingerprint density at radius 2 is 2.15 bits per heavy atom. The van der Waals surface area contributed by atoms with E-state index in [1.54, 1.807) is 0 Å². The summed E-state index contributed by atoms with van der Waals surface area (Å²) in [7, 11) is 0. The smallest absolute Gasteiger partial charge is 0.224 e. The molecule has 0 aliphatic carbocycles. The standard InChI is InChI=1S/C16H24N2O2/c1-12(2)20-15-7-5-13(6-8-15)10-18-16(19)14-4-3-9-17-11-14/h5-8,12,14,17H,3-4,9-11H2,1-2H3,(H,18,19). The number of hydrogen-bond acceptors (Lipinski definition) is 3. The molecule has 20 heavy (non-hydrogen) atoms. The first-order valence-electron chi connectivity index (χ1n) is 7.39. The van der Waals surface area contributed by atoms with Crippen LogP contribution in [0.4, 0.5) is 0 Å². The number of rotatable bonds is 5. The third kappa shape index (κ3) is 4.53. The lowest BCUT2D eigenvalue weighted by molar-refractivity contribution is -0.125. The molecule has 1 unspecified atom stereocenters. The monoisotopic (exact) mass is 276 g/mol.